The fourth-order valence-corrected chi connectivity index (χ4v) is 6.54. The minimum Gasteiger partial charge on any atom is -0.505 e. The predicted molar refractivity (Wildman–Crippen MR) is 202 cm³/mol. The zero-order valence-corrected chi connectivity index (χ0v) is 33.0. The number of nitrogens with zero attached hydrogens (tertiary/aromatic N) is 1. The first kappa shape index (κ1) is 44.3. The van der Waals surface area contributed by atoms with E-state index in [0.717, 1.165) is 5.57 Å². The van der Waals surface area contributed by atoms with E-state index in [1.54, 1.807) is 44.3 Å². The summed E-state index contributed by atoms with van der Waals surface area (Å²) in [6.45, 7) is 18.2. The van der Waals surface area contributed by atoms with E-state index in [9.17, 15) is 19.5 Å². The van der Waals surface area contributed by atoms with Crippen molar-refractivity contribution in [3.8, 4) is 11.5 Å². The molecule has 2 bridgehead atoms. The first-order valence-corrected chi connectivity index (χ1v) is 17.9. The lowest BCUT2D eigenvalue weighted by molar-refractivity contribution is -0.112. The molecule has 0 radical (unpaired) electrons. The number of hydrogen-bond donors (Lipinski definition) is 4. The van der Waals surface area contributed by atoms with Gasteiger partial charge in [-0.25, -0.2) is 9.59 Å². The average molecular weight is 731 g/mol. The van der Waals surface area contributed by atoms with Crippen molar-refractivity contribution >= 4 is 23.8 Å². The van der Waals surface area contributed by atoms with Crippen molar-refractivity contribution in [3.63, 3.8) is 0 Å². The number of hydrogen-bond acceptors (Lipinski definition) is 10. The highest BCUT2D eigenvalue weighted by Gasteiger charge is 2.34. The predicted octanol–water partition coefficient (Wildman–Crippen LogP) is 6.48. The summed E-state index contributed by atoms with van der Waals surface area (Å²) in [6.07, 6.45) is 3.81. The van der Waals surface area contributed by atoms with E-state index < -0.39 is 42.5 Å². The van der Waals surface area contributed by atoms with Crippen LogP contribution in [0.15, 0.2) is 47.6 Å². The first-order valence-electron chi connectivity index (χ1n) is 17.9. The second-order valence-corrected chi connectivity index (χ2v) is 14.2. The Kier molecular flexibility index (Phi) is 17.8. The molecule has 1 aromatic carbocycles. The Hall–Kier alpha value is -3.91. The van der Waals surface area contributed by atoms with Gasteiger partial charge in [-0.1, -0.05) is 58.9 Å². The quantitative estimate of drug-likeness (QED) is 0.154. The average Bonchev–Trinajstić information content (AvgIpc) is 3.06. The number of nitrogens with one attached hydrogen (secondary N) is 2. The van der Waals surface area contributed by atoms with E-state index in [0.29, 0.717) is 30.6 Å². The van der Waals surface area contributed by atoms with Crippen LogP contribution in [-0.2, 0) is 23.7 Å². The largest absolute Gasteiger partial charge is 0.505 e. The molecule has 2 rings (SSSR count). The second kappa shape index (κ2) is 21.0. The van der Waals surface area contributed by atoms with Crippen LogP contribution in [0.4, 0.5) is 15.3 Å². The SMILES string of the molecule is COC1CC(C)C(OC)c2cc(OC(=O)N(CCNC(C)C)C(C)C)cc(c2O)NC(=O)/C(C)=C/C=C\C(C)C(OC(N)=O)/C(C)=C/C(C)C1OC. The number of methoxy groups -OCH3 is 3. The van der Waals surface area contributed by atoms with Crippen LogP contribution in [-0.4, -0.2) is 92.9 Å². The summed E-state index contributed by atoms with van der Waals surface area (Å²) in [7, 11) is 4.74. The third-order valence-corrected chi connectivity index (χ3v) is 9.28. The Morgan fingerprint density at radius 3 is 2.25 bits per heavy atom. The molecule has 0 aliphatic carbocycles. The van der Waals surface area contributed by atoms with E-state index in [4.69, 9.17) is 29.4 Å². The summed E-state index contributed by atoms with van der Waals surface area (Å²) in [6, 6.07) is 3.09. The van der Waals surface area contributed by atoms with Gasteiger partial charge in [-0.05, 0) is 51.7 Å². The Morgan fingerprint density at radius 1 is 1.02 bits per heavy atom. The minimum absolute atomic E-state index is 0.0431. The molecule has 0 aromatic heterocycles. The van der Waals surface area contributed by atoms with Crippen LogP contribution in [0.1, 0.15) is 80.4 Å². The van der Waals surface area contributed by atoms with Crippen molar-refractivity contribution in [1.82, 2.24) is 10.2 Å². The van der Waals surface area contributed by atoms with E-state index in [-0.39, 0.29) is 47.0 Å². The molecule has 1 aliphatic heterocycles. The van der Waals surface area contributed by atoms with Gasteiger partial charge in [0.1, 0.15) is 17.6 Å². The lowest BCUT2D eigenvalue weighted by Crippen LogP contribution is -2.43. The number of allylic oxidation sites excluding steroid dienone is 2. The van der Waals surface area contributed by atoms with Gasteiger partial charge in [-0.2, -0.15) is 0 Å². The third-order valence-electron chi connectivity index (χ3n) is 9.28. The lowest BCUT2D eigenvalue weighted by Gasteiger charge is -2.33. The Morgan fingerprint density at radius 2 is 1.69 bits per heavy atom. The van der Waals surface area contributed by atoms with Crippen LogP contribution >= 0.6 is 0 Å². The molecular formula is C39H62N4O9. The van der Waals surface area contributed by atoms with Crippen LogP contribution < -0.4 is 21.1 Å². The molecule has 292 valence electrons. The maximum Gasteiger partial charge on any atom is 0.415 e. The van der Waals surface area contributed by atoms with Crippen molar-refractivity contribution in [1.29, 1.82) is 0 Å². The first-order chi connectivity index (χ1) is 24.4. The molecule has 0 spiro atoms. The summed E-state index contributed by atoms with van der Waals surface area (Å²) < 4.78 is 29.4. The van der Waals surface area contributed by atoms with Crippen molar-refractivity contribution in [3.05, 3.63) is 53.1 Å². The zero-order valence-electron chi connectivity index (χ0n) is 33.0. The second-order valence-electron chi connectivity index (χ2n) is 14.2. The standard InChI is InChI=1S/C39H62N4O9/c1-22(2)41-16-17-43(23(3)4)39(47)51-29-20-30-33(44)31(21-29)42-37(45)25(6)15-13-14-24(5)34(52-38(40)46)26(7)18-27(8)36(50-12)32(48-10)19-28(9)35(30)49-11/h13-15,18,20-24,27-28,32,34-36,41,44H,16-17,19H2,1-12H3,(H2,40,46)(H,42,45)/b14-13-,25-15+,26-18+. The van der Waals surface area contributed by atoms with Gasteiger partial charge in [0.05, 0.1) is 24.0 Å². The summed E-state index contributed by atoms with van der Waals surface area (Å²) in [4.78, 5) is 40.5. The van der Waals surface area contributed by atoms with Crippen LogP contribution in [0, 0.1) is 17.8 Å². The van der Waals surface area contributed by atoms with Crippen LogP contribution in [0.3, 0.4) is 0 Å². The number of carbonyl (C=O) groups is 3. The summed E-state index contributed by atoms with van der Waals surface area (Å²) >= 11 is 0. The van der Waals surface area contributed by atoms with Crippen molar-refractivity contribution in [2.45, 2.75) is 105 Å². The molecular weight excluding hydrogens is 668 g/mol. The van der Waals surface area contributed by atoms with E-state index in [2.05, 4.69) is 10.6 Å². The van der Waals surface area contributed by atoms with Gasteiger partial charge in [0.15, 0.2) is 0 Å². The monoisotopic (exact) mass is 730 g/mol. The fraction of sp³-hybridized carbons (Fsp3) is 0.615. The summed E-state index contributed by atoms with van der Waals surface area (Å²) in [5, 5.41) is 17.7. The highest BCUT2D eigenvalue weighted by molar-refractivity contribution is 6.04. The molecule has 13 nitrogen and oxygen atoms in total. The topological polar surface area (TPSA) is 171 Å². The van der Waals surface area contributed by atoms with Crippen molar-refractivity contribution in [2.24, 2.45) is 23.5 Å². The number of primary amides is 1. The maximum absolute atomic E-state index is 13.5. The number of ether oxygens (including phenoxy) is 5. The van der Waals surface area contributed by atoms with Gasteiger partial charge in [-0.3, -0.25) is 4.79 Å². The molecule has 1 aliphatic rings. The number of fused-ring (bicyclic) bond motifs is 2. The van der Waals surface area contributed by atoms with Gasteiger partial charge in [0.25, 0.3) is 5.91 Å². The number of amides is 3. The molecule has 13 heteroatoms. The van der Waals surface area contributed by atoms with Gasteiger partial charge in [-0.15, -0.1) is 0 Å². The van der Waals surface area contributed by atoms with Crippen molar-refractivity contribution < 1.29 is 43.2 Å². The normalized spacial score (nSPS) is 27.6. The molecule has 0 saturated heterocycles. The third kappa shape index (κ3) is 12.6. The number of phenols is 1. The molecule has 3 amide bonds. The van der Waals surface area contributed by atoms with Gasteiger partial charge >= 0.3 is 12.2 Å². The van der Waals surface area contributed by atoms with Gasteiger partial charge in [0.2, 0.25) is 0 Å². The van der Waals surface area contributed by atoms with Crippen molar-refractivity contribution in [2.75, 3.05) is 39.7 Å². The smallest absolute Gasteiger partial charge is 0.415 e. The Labute approximate surface area is 309 Å². The van der Waals surface area contributed by atoms with Gasteiger partial charge in [0, 0.05) is 75.5 Å². The fourth-order valence-electron chi connectivity index (χ4n) is 6.54. The highest BCUT2D eigenvalue weighted by atomic mass is 16.6. The van der Waals surface area contributed by atoms with Crippen LogP contribution in [0.2, 0.25) is 0 Å². The van der Waals surface area contributed by atoms with E-state index in [1.807, 2.05) is 67.5 Å². The number of benzene rings is 1. The molecule has 1 heterocycles. The molecule has 7 atom stereocenters. The maximum atomic E-state index is 13.5. The number of aromatic hydroxyl groups is 1. The molecule has 0 fully saturated rings. The summed E-state index contributed by atoms with van der Waals surface area (Å²) in [5.41, 5.74) is 6.91. The number of phenolic OH excluding ortho intramolecular Hbond substituents is 1. The number of anilines is 1. The molecule has 0 saturated carbocycles. The molecule has 52 heavy (non-hydrogen) atoms. The molecule has 5 N–H and O–H groups in total. The summed E-state index contributed by atoms with van der Waals surface area (Å²) in [5.74, 6) is -1.37. The number of nitrogens with two attached hydrogens (primary N) is 1. The Bertz CT molecular complexity index is 1440. The number of carbonyl (C=O) groups excluding carboxylic acids is 3. The van der Waals surface area contributed by atoms with Crippen LogP contribution in [0.25, 0.3) is 0 Å². The Balaban J connectivity index is 2.73. The highest BCUT2D eigenvalue weighted by Crippen LogP contribution is 2.42. The minimum atomic E-state index is -0.903. The number of rotatable bonds is 10. The lowest BCUT2D eigenvalue weighted by atomic mass is 9.86. The zero-order chi connectivity index (χ0) is 39.3. The van der Waals surface area contributed by atoms with E-state index in [1.165, 1.54) is 13.2 Å². The molecule has 7 unspecified atom stereocenters. The van der Waals surface area contributed by atoms with E-state index >= 15 is 0 Å². The van der Waals surface area contributed by atoms with Crippen LogP contribution in [0.5, 0.6) is 11.5 Å². The van der Waals surface area contributed by atoms with Gasteiger partial charge < -0.3 is 50.1 Å². The molecule has 1 aromatic rings.